The van der Waals surface area contributed by atoms with Crippen LogP contribution < -0.4 is 5.32 Å². The van der Waals surface area contributed by atoms with Gasteiger partial charge >= 0.3 is 0 Å². The van der Waals surface area contributed by atoms with E-state index in [4.69, 9.17) is 5.26 Å². The zero-order valence-electron chi connectivity index (χ0n) is 6.47. The number of nitrogens with zero attached hydrogens (tertiary/aromatic N) is 1. The van der Waals surface area contributed by atoms with Gasteiger partial charge in [0.05, 0.1) is 12.5 Å². The van der Waals surface area contributed by atoms with Crippen molar-refractivity contribution in [2.24, 2.45) is 5.92 Å². The van der Waals surface area contributed by atoms with Crippen molar-refractivity contribution >= 4 is 5.78 Å². The highest BCUT2D eigenvalue weighted by molar-refractivity contribution is 5.83. The van der Waals surface area contributed by atoms with Gasteiger partial charge in [-0.1, -0.05) is 0 Å². The Morgan fingerprint density at radius 2 is 2.55 bits per heavy atom. The smallest absolute Gasteiger partial charge is 0.151 e. The number of hydrogen-bond donors (Lipinski definition) is 1. The number of hydrogen-bond acceptors (Lipinski definition) is 3. The molecule has 0 radical (unpaired) electrons. The summed E-state index contributed by atoms with van der Waals surface area (Å²) in [7, 11) is 0. The van der Waals surface area contributed by atoms with Gasteiger partial charge < -0.3 is 5.32 Å². The molecule has 0 spiro atoms. The maximum atomic E-state index is 11.1. The van der Waals surface area contributed by atoms with E-state index < -0.39 is 0 Å². The molecule has 3 heteroatoms. The molecule has 0 aromatic carbocycles. The first-order valence-corrected chi connectivity index (χ1v) is 3.95. The van der Waals surface area contributed by atoms with Crippen molar-refractivity contribution in [3.8, 4) is 6.07 Å². The quantitative estimate of drug-likeness (QED) is 0.625. The molecular formula is C8H12N2O. The Bertz CT molecular complexity index is 177. The Balaban J connectivity index is 2.34. The lowest BCUT2D eigenvalue weighted by Gasteiger charge is -2.20. The Morgan fingerprint density at radius 3 is 3.09 bits per heavy atom. The number of carbonyl (C=O) groups is 1. The number of nitriles is 1. The summed E-state index contributed by atoms with van der Waals surface area (Å²) in [6.07, 6.45) is 2.09. The lowest BCUT2D eigenvalue weighted by molar-refractivity contribution is -0.122. The lowest BCUT2D eigenvalue weighted by atomic mass is 9.94. The van der Waals surface area contributed by atoms with Gasteiger partial charge in [-0.25, -0.2) is 0 Å². The number of nitrogens with one attached hydrogen (secondary N) is 1. The predicted molar refractivity (Wildman–Crippen MR) is 40.8 cm³/mol. The molecule has 0 aromatic heterocycles. The zero-order valence-corrected chi connectivity index (χ0v) is 6.47. The highest BCUT2D eigenvalue weighted by Crippen LogP contribution is 2.11. The van der Waals surface area contributed by atoms with Gasteiger partial charge in [0, 0.05) is 12.5 Å². The summed E-state index contributed by atoms with van der Waals surface area (Å²) in [5, 5.41) is 11.4. The van der Waals surface area contributed by atoms with Gasteiger partial charge in [-0.2, -0.15) is 5.26 Å². The van der Waals surface area contributed by atoms with Gasteiger partial charge in [0.2, 0.25) is 0 Å². The van der Waals surface area contributed by atoms with Crippen LogP contribution in [-0.4, -0.2) is 18.9 Å². The summed E-state index contributed by atoms with van der Waals surface area (Å²) in [6.45, 7) is 1.77. The molecule has 1 atom stereocenters. The summed E-state index contributed by atoms with van der Waals surface area (Å²) in [6, 6.07) is 1.89. The normalized spacial score (nSPS) is 24.1. The summed E-state index contributed by atoms with van der Waals surface area (Å²) in [5.74, 6) is 0.197. The van der Waals surface area contributed by atoms with Crippen LogP contribution in [0.2, 0.25) is 0 Å². The lowest BCUT2D eigenvalue weighted by Crippen LogP contribution is -2.34. The third-order valence-electron chi connectivity index (χ3n) is 2.01. The molecule has 1 aliphatic rings. The Labute approximate surface area is 66.4 Å². The molecule has 0 bridgehead atoms. The molecule has 1 aliphatic heterocycles. The first kappa shape index (κ1) is 8.22. The molecule has 1 N–H and O–H groups in total. The predicted octanol–water partition coefficient (Wildman–Crippen LogP) is 0.469. The van der Waals surface area contributed by atoms with Crippen LogP contribution in [0.25, 0.3) is 0 Å². The fourth-order valence-corrected chi connectivity index (χ4v) is 1.35. The van der Waals surface area contributed by atoms with Crippen LogP contribution in [0.1, 0.15) is 19.3 Å². The summed E-state index contributed by atoms with van der Waals surface area (Å²) in [4.78, 5) is 11.1. The Kier molecular flexibility index (Phi) is 3.06. The zero-order chi connectivity index (χ0) is 8.10. The molecule has 3 nitrogen and oxygen atoms in total. The number of Topliss-reactive ketones (excluding diaryl/α,β-unsaturated/α-hetero) is 1. The van der Waals surface area contributed by atoms with Crippen LogP contribution in [0, 0.1) is 17.2 Å². The summed E-state index contributed by atoms with van der Waals surface area (Å²) < 4.78 is 0. The highest BCUT2D eigenvalue weighted by Gasteiger charge is 2.19. The fourth-order valence-electron chi connectivity index (χ4n) is 1.35. The first-order chi connectivity index (χ1) is 5.34. The van der Waals surface area contributed by atoms with E-state index in [9.17, 15) is 4.79 Å². The van der Waals surface area contributed by atoms with E-state index in [0.29, 0.717) is 0 Å². The highest BCUT2D eigenvalue weighted by atomic mass is 16.1. The standard InChI is InChI=1S/C8H12N2O/c9-4-3-8(11)7-2-1-5-10-6-7/h7,10H,1-3,5-6H2. The maximum Gasteiger partial charge on any atom is 0.151 e. The van der Waals surface area contributed by atoms with Gasteiger partial charge in [-0.05, 0) is 19.4 Å². The first-order valence-electron chi connectivity index (χ1n) is 3.95. The third kappa shape index (κ3) is 2.32. The topological polar surface area (TPSA) is 52.9 Å². The van der Waals surface area contributed by atoms with Gasteiger partial charge in [0.15, 0.2) is 5.78 Å². The molecule has 0 amide bonds. The average molecular weight is 152 g/mol. The number of rotatable bonds is 2. The minimum absolute atomic E-state index is 0.0757. The monoisotopic (exact) mass is 152 g/mol. The summed E-state index contributed by atoms with van der Waals surface area (Å²) in [5.41, 5.74) is 0. The van der Waals surface area contributed by atoms with Crippen LogP contribution in [0.15, 0.2) is 0 Å². The van der Waals surface area contributed by atoms with Crippen LogP contribution >= 0.6 is 0 Å². The van der Waals surface area contributed by atoms with E-state index in [0.717, 1.165) is 25.9 Å². The van der Waals surface area contributed by atoms with Crippen molar-refractivity contribution < 1.29 is 4.79 Å². The number of carbonyl (C=O) groups excluding carboxylic acids is 1. The molecular weight excluding hydrogens is 140 g/mol. The van der Waals surface area contributed by atoms with E-state index in [1.807, 2.05) is 6.07 Å². The molecule has 0 saturated carbocycles. The van der Waals surface area contributed by atoms with Crippen LogP contribution in [0.5, 0.6) is 0 Å². The van der Waals surface area contributed by atoms with E-state index in [2.05, 4.69) is 5.32 Å². The van der Waals surface area contributed by atoms with Crippen molar-refractivity contribution in [1.82, 2.24) is 5.32 Å². The van der Waals surface area contributed by atoms with E-state index in [-0.39, 0.29) is 18.1 Å². The average Bonchev–Trinajstić information content (AvgIpc) is 2.07. The largest absolute Gasteiger partial charge is 0.316 e. The molecule has 60 valence electrons. The second-order valence-electron chi connectivity index (χ2n) is 2.84. The van der Waals surface area contributed by atoms with Gasteiger partial charge in [-0.3, -0.25) is 4.79 Å². The van der Waals surface area contributed by atoms with Crippen molar-refractivity contribution in [2.75, 3.05) is 13.1 Å². The van der Waals surface area contributed by atoms with Crippen LogP contribution in [0.3, 0.4) is 0 Å². The Hall–Kier alpha value is -0.880. The second-order valence-corrected chi connectivity index (χ2v) is 2.84. The molecule has 1 heterocycles. The molecule has 11 heavy (non-hydrogen) atoms. The van der Waals surface area contributed by atoms with Gasteiger partial charge in [-0.15, -0.1) is 0 Å². The SMILES string of the molecule is N#CCC(=O)C1CCCNC1. The summed E-state index contributed by atoms with van der Waals surface area (Å²) >= 11 is 0. The van der Waals surface area contributed by atoms with Gasteiger partial charge in [0.1, 0.15) is 0 Å². The van der Waals surface area contributed by atoms with Crippen LogP contribution in [-0.2, 0) is 4.79 Å². The van der Waals surface area contributed by atoms with Crippen LogP contribution in [0.4, 0.5) is 0 Å². The third-order valence-corrected chi connectivity index (χ3v) is 2.01. The number of ketones is 1. The minimum Gasteiger partial charge on any atom is -0.316 e. The molecule has 1 saturated heterocycles. The van der Waals surface area contributed by atoms with E-state index in [1.165, 1.54) is 0 Å². The maximum absolute atomic E-state index is 11.1. The Morgan fingerprint density at radius 1 is 1.73 bits per heavy atom. The van der Waals surface area contributed by atoms with E-state index in [1.54, 1.807) is 0 Å². The van der Waals surface area contributed by atoms with Crippen molar-refractivity contribution in [3.63, 3.8) is 0 Å². The number of piperidine rings is 1. The van der Waals surface area contributed by atoms with Crippen molar-refractivity contribution in [1.29, 1.82) is 5.26 Å². The second kappa shape index (κ2) is 4.09. The fraction of sp³-hybridized carbons (Fsp3) is 0.750. The van der Waals surface area contributed by atoms with Gasteiger partial charge in [0.25, 0.3) is 0 Å². The minimum atomic E-state index is 0.0757. The molecule has 1 rings (SSSR count). The molecule has 0 aromatic rings. The molecule has 1 fully saturated rings. The molecule has 1 unspecified atom stereocenters. The van der Waals surface area contributed by atoms with Crippen molar-refractivity contribution in [3.05, 3.63) is 0 Å². The molecule has 0 aliphatic carbocycles. The van der Waals surface area contributed by atoms with Crippen molar-refractivity contribution in [2.45, 2.75) is 19.3 Å². The van der Waals surface area contributed by atoms with E-state index >= 15 is 0 Å².